The second kappa shape index (κ2) is 7.70. The number of thiophene rings is 1. The van der Waals surface area contributed by atoms with Crippen molar-refractivity contribution in [2.75, 3.05) is 13.1 Å². The van der Waals surface area contributed by atoms with Gasteiger partial charge in [-0.25, -0.2) is 8.42 Å². The van der Waals surface area contributed by atoms with Crippen LogP contribution in [0.3, 0.4) is 0 Å². The van der Waals surface area contributed by atoms with Gasteiger partial charge < -0.3 is 4.90 Å². The molecule has 1 aliphatic heterocycles. The van der Waals surface area contributed by atoms with Gasteiger partial charge in [0.15, 0.2) is 9.84 Å². The van der Waals surface area contributed by atoms with Gasteiger partial charge in [-0.15, -0.1) is 11.3 Å². The van der Waals surface area contributed by atoms with Crippen molar-refractivity contribution >= 4 is 38.7 Å². The highest BCUT2D eigenvalue weighted by atomic mass is 35.5. The van der Waals surface area contributed by atoms with Gasteiger partial charge in [-0.3, -0.25) is 4.79 Å². The van der Waals surface area contributed by atoms with Gasteiger partial charge in [0, 0.05) is 28.6 Å². The lowest BCUT2D eigenvalue weighted by atomic mass is 10.1. The van der Waals surface area contributed by atoms with Crippen LogP contribution in [-0.2, 0) is 9.84 Å². The third kappa shape index (κ3) is 3.72. The van der Waals surface area contributed by atoms with E-state index in [4.69, 9.17) is 11.6 Å². The molecule has 28 heavy (non-hydrogen) atoms. The van der Waals surface area contributed by atoms with E-state index in [0.29, 0.717) is 23.6 Å². The van der Waals surface area contributed by atoms with E-state index < -0.39 is 15.1 Å². The Hall–Kier alpha value is -2.15. The zero-order valence-corrected chi connectivity index (χ0v) is 17.3. The minimum atomic E-state index is -3.49. The largest absolute Gasteiger partial charge is 0.337 e. The molecule has 144 valence electrons. The first-order valence-electron chi connectivity index (χ1n) is 8.88. The Labute approximate surface area is 173 Å². The first-order valence-corrected chi connectivity index (χ1v) is 11.7. The number of halogens is 1. The minimum absolute atomic E-state index is 0.133. The Morgan fingerprint density at radius 3 is 2.39 bits per heavy atom. The molecule has 1 aliphatic rings. The molecule has 1 aromatic heterocycles. The summed E-state index contributed by atoms with van der Waals surface area (Å²) in [7, 11) is -3.49. The van der Waals surface area contributed by atoms with Crippen molar-refractivity contribution in [3.8, 4) is 10.4 Å². The number of hydrogen-bond acceptors (Lipinski definition) is 4. The van der Waals surface area contributed by atoms with Crippen molar-refractivity contribution in [3.63, 3.8) is 0 Å². The average molecular weight is 432 g/mol. The van der Waals surface area contributed by atoms with Gasteiger partial charge in [0.1, 0.15) is 0 Å². The highest BCUT2D eigenvalue weighted by molar-refractivity contribution is 7.92. The van der Waals surface area contributed by atoms with Crippen LogP contribution >= 0.6 is 22.9 Å². The normalized spacial score (nSPS) is 17.0. The number of carbonyl (C=O) groups excluding carboxylic acids is 1. The molecule has 0 radical (unpaired) electrons. The summed E-state index contributed by atoms with van der Waals surface area (Å²) in [6.07, 6.45) is 0.435. The van der Waals surface area contributed by atoms with Crippen LogP contribution in [0.15, 0.2) is 70.9 Å². The van der Waals surface area contributed by atoms with E-state index in [2.05, 4.69) is 0 Å². The van der Waals surface area contributed by atoms with Crippen molar-refractivity contribution in [1.82, 2.24) is 4.90 Å². The topological polar surface area (TPSA) is 54.5 Å². The highest BCUT2D eigenvalue weighted by Crippen LogP contribution is 2.28. The van der Waals surface area contributed by atoms with E-state index >= 15 is 0 Å². The number of rotatable bonds is 4. The summed E-state index contributed by atoms with van der Waals surface area (Å²) in [5, 5.41) is 1.91. The van der Waals surface area contributed by atoms with Gasteiger partial charge in [-0.2, -0.15) is 0 Å². The highest BCUT2D eigenvalue weighted by Gasteiger charge is 2.36. The van der Waals surface area contributed by atoms with E-state index in [-0.39, 0.29) is 17.3 Å². The molecule has 1 amide bonds. The standard InChI is InChI=1S/C21H18ClNO3S2/c22-17-7-9-18(10-8-17)28(25,26)19-11-12-23(14-19)21(24)16-5-3-15(4-6-16)20-2-1-13-27-20/h1-10,13,19H,11-12,14H2. The van der Waals surface area contributed by atoms with E-state index in [1.807, 2.05) is 29.6 Å². The fourth-order valence-electron chi connectivity index (χ4n) is 3.39. The van der Waals surface area contributed by atoms with Crippen LogP contribution in [0.1, 0.15) is 16.8 Å². The third-order valence-corrected chi connectivity index (χ3v) is 8.31. The number of likely N-dealkylation sites (tertiary alicyclic amines) is 1. The van der Waals surface area contributed by atoms with Gasteiger partial charge in [0.2, 0.25) is 0 Å². The predicted octanol–water partition coefficient (Wildman–Crippen LogP) is 4.76. The average Bonchev–Trinajstić information content (AvgIpc) is 3.40. The first-order chi connectivity index (χ1) is 13.4. The zero-order chi connectivity index (χ0) is 19.7. The molecule has 4 nitrogen and oxygen atoms in total. The number of hydrogen-bond donors (Lipinski definition) is 0. The molecule has 0 bridgehead atoms. The van der Waals surface area contributed by atoms with Crippen LogP contribution in [0.25, 0.3) is 10.4 Å². The number of benzene rings is 2. The van der Waals surface area contributed by atoms with Crippen LogP contribution in [0, 0.1) is 0 Å². The van der Waals surface area contributed by atoms with Gasteiger partial charge in [0.05, 0.1) is 10.1 Å². The van der Waals surface area contributed by atoms with Crippen LogP contribution in [0.4, 0.5) is 0 Å². The monoisotopic (exact) mass is 431 g/mol. The summed E-state index contributed by atoms with van der Waals surface area (Å²) in [5.74, 6) is -0.133. The number of carbonyl (C=O) groups is 1. The Morgan fingerprint density at radius 1 is 1.04 bits per heavy atom. The second-order valence-corrected chi connectivity index (χ2v) is 10.3. The van der Waals surface area contributed by atoms with Gasteiger partial charge >= 0.3 is 0 Å². The second-order valence-electron chi connectivity index (χ2n) is 6.72. The Balaban J connectivity index is 1.47. The summed E-state index contributed by atoms with van der Waals surface area (Å²) in [5.41, 5.74) is 1.64. The molecule has 3 aromatic rings. The van der Waals surface area contributed by atoms with Crippen molar-refractivity contribution in [1.29, 1.82) is 0 Å². The van der Waals surface area contributed by atoms with Gasteiger partial charge in [0.25, 0.3) is 5.91 Å². The van der Waals surface area contributed by atoms with E-state index in [1.54, 1.807) is 40.5 Å². The smallest absolute Gasteiger partial charge is 0.253 e. The molecule has 4 rings (SSSR count). The molecule has 0 spiro atoms. The van der Waals surface area contributed by atoms with Crippen molar-refractivity contribution in [2.45, 2.75) is 16.6 Å². The molecule has 1 saturated heterocycles. The maximum atomic E-state index is 12.8. The predicted molar refractivity (Wildman–Crippen MR) is 113 cm³/mol. The first kappa shape index (κ1) is 19.2. The number of sulfone groups is 1. The van der Waals surface area contributed by atoms with Crippen molar-refractivity contribution < 1.29 is 13.2 Å². The molecular weight excluding hydrogens is 414 g/mol. The fraction of sp³-hybridized carbons (Fsp3) is 0.190. The summed E-state index contributed by atoms with van der Waals surface area (Å²) >= 11 is 7.50. The van der Waals surface area contributed by atoms with Gasteiger partial charge in [-0.05, 0) is 59.8 Å². The summed E-state index contributed by atoms with van der Waals surface area (Å²) < 4.78 is 25.7. The molecular formula is C21H18ClNO3S2. The van der Waals surface area contributed by atoms with Crippen molar-refractivity contribution in [3.05, 3.63) is 76.6 Å². The summed E-state index contributed by atoms with van der Waals surface area (Å²) in [6.45, 7) is 0.638. The zero-order valence-electron chi connectivity index (χ0n) is 14.9. The Morgan fingerprint density at radius 2 is 1.75 bits per heavy atom. The molecule has 2 aromatic carbocycles. The van der Waals surface area contributed by atoms with Crippen LogP contribution < -0.4 is 0 Å². The molecule has 0 aliphatic carbocycles. The number of amides is 1. The quantitative estimate of drug-likeness (QED) is 0.598. The lowest BCUT2D eigenvalue weighted by Gasteiger charge is -2.17. The minimum Gasteiger partial charge on any atom is -0.337 e. The maximum absolute atomic E-state index is 12.8. The van der Waals surface area contributed by atoms with E-state index in [1.165, 1.54) is 12.1 Å². The fourth-order valence-corrected chi connectivity index (χ4v) is 5.94. The van der Waals surface area contributed by atoms with Crippen molar-refractivity contribution in [2.24, 2.45) is 0 Å². The lowest BCUT2D eigenvalue weighted by molar-refractivity contribution is 0.0793. The van der Waals surface area contributed by atoms with Crippen LogP contribution in [-0.4, -0.2) is 37.6 Å². The lowest BCUT2D eigenvalue weighted by Crippen LogP contribution is -2.31. The molecule has 1 fully saturated rings. The molecule has 0 saturated carbocycles. The summed E-state index contributed by atoms with van der Waals surface area (Å²) in [4.78, 5) is 15.8. The molecule has 7 heteroatoms. The third-order valence-electron chi connectivity index (χ3n) is 4.95. The molecule has 1 atom stereocenters. The van der Waals surface area contributed by atoms with Crippen LogP contribution in [0.2, 0.25) is 5.02 Å². The van der Waals surface area contributed by atoms with E-state index in [9.17, 15) is 13.2 Å². The Kier molecular flexibility index (Phi) is 5.27. The molecule has 1 unspecified atom stereocenters. The molecule has 2 heterocycles. The molecule has 0 N–H and O–H groups in total. The SMILES string of the molecule is O=C(c1ccc(-c2cccs2)cc1)N1CCC(S(=O)(=O)c2ccc(Cl)cc2)C1. The van der Waals surface area contributed by atoms with Crippen LogP contribution in [0.5, 0.6) is 0 Å². The summed E-state index contributed by atoms with van der Waals surface area (Å²) in [6, 6.07) is 17.7. The Bertz CT molecular complexity index is 1080. The van der Waals surface area contributed by atoms with Gasteiger partial charge in [-0.1, -0.05) is 29.8 Å². The number of nitrogens with zero attached hydrogens (tertiary/aromatic N) is 1. The van der Waals surface area contributed by atoms with E-state index in [0.717, 1.165) is 10.4 Å². The maximum Gasteiger partial charge on any atom is 0.253 e.